The molecule has 1 heterocycles. The van der Waals surface area contributed by atoms with Crippen molar-refractivity contribution in [2.24, 2.45) is 11.8 Å². The summed E-state index contributed by atoms with van der Waals surface area (Å²) in [5.74, 6) is 3.05. The first kappa shape index (κ1) is 10.9. The molecular formula is C16H21NO. The van der Waals surface area contributed by atoms with Crippen LogP contribution in [0.5, 0.6) is 5.75 Å². The van der Waals surface area contributed by atoms with Gasteiger partial charge in [0.2, 0.25) is 0 Å². The van der Waals surface area contributed by atoms with Crippen molar-refractivity contribution in [2.75, 3.05) is 6.61 Å². The summed E-state index contributed by atoms with van der Waals surface area (Å²) in [6.45, 7) is 0.857. The molecule has 1 aromatic rings. The Balaban J connectivity index is 1.53. The second-order valence-corrected chi connectivity index (χ2v) is 6.18. The highest BCUT2D eigenvalue weighted by molar-refractivity contribution is 5.37. The largest absolute Gasteiger partial charge is 0.493 e. The molecule has 2 fully saturated rings. The summed E-state index contributed by atoms with van der Waals surface area (Å²) in [7, 11) is 0. The van der Waals surface area contributed by atoms with Crippen LogP contribution in [0.2, 0.25) is 0 Å². The Morgan fingerprint density at radius 3 is 2.83 bits per heavy atom. The molecule has 1 aliphatic heterocycles. The Morgan fingerprint density at radius 2 is 2.00 bits per heavy atom. The van der Waals surface area contributed by atoms with Crippen LogP contribution in [0.25, 0.3) is 0 Å². The van der Waals surface area contributed by atoms with E-state index in [9.17, 15) is 0 Å². The molecule has 0 saturated heterocycles. The summed E-state index contributed by atoms with van der Waals surface area (Å²) in [5.41, 5.74) is 1.37. The molecule has 2 heteroatoms. The molecule has 1 N–H and O–H groups in total. The SMILES string of the molecule is c1ccc2c(c1)OCCC2NC1CC2CCC1C2. The van der Waals surface area contributed by atoms with E-state index < -0.39 is 0 Å². The Morgan fingerprint density at radius 1 is 1.06 bits per heavy atom. The minimum atomic E-state index is 0.513. The smallest absolute Gasteiger partial charge is 0.124 e. The van der Waals surface area contributed by atoms with Gasteiger partial charge in [-0.1, -0.05) is 24.6 Å². The highest BCUT2D eigenvalue weighted by Gasteiger charge is 2.40. The normalized spacial score (nSPS) is 37.3. The van der Waals surface area contributed by atoms with Crippen molar-refractivity contribution in [3.05, 3.63) is 29.8 Å². The number of rotatable bonds is 2. The third kappa shape index (κ3) is 1.74. The van der Waals surface area contributed by atoms with E-state index in [2.05, 4.69) is 29.6 Å². The molecule has 18 heavy (non-hydrogen) atoms. The minimum Gasteiger partial charge on any atom is -0.493 e. The summed E-state index contributed by atoms with van der Waals surface area (Å²) in [4.78, 5) is 0. The average molecular weight is 243 g/mol. The molecule has 0 amide bonds. The van der Waals surface area contributed by atoms with Crippen LogP contribution in [0.1, 0.15) is 43.7 Å². The number of benzene rings is 1. The van der Waals surface area contributed by atoms with Crippen molar-refractivity contribution in [1.82, 2.24) is 5.32 Å². The first-order valence-corrected chi connectivity index (χ1v) is 7.38. The lowest BCUT2D eigenvalue weighted by atomic mass is 9.92. The van der Waals surface area contributed by atoms with Gasteiger partial charge in [-0.05, 0) is 37.2 Å². The maximum absolute atomic E-state index is 5.74. The molecule has 2 saturated carbocycles. The lowest BCUT2D eigenvalue weighted by Gasteiger charge is -2.32. The van der Waals surface area contributed by atoms with Crippen molar-refractivity contribution in [3.8, 4) is 5.75 Å². The van der Waals surface area contributed by atoms with E-state index in [0.29, 0.717) is 6.04 Å². The molecule has 0 spiro atoms. The van der Waals surface area contributed by atoms with Gasteiger partial charge in [-0.25, -0.2) is 0 Å². The summed E-state index contributed by atoms with van der Waals surface area (Å²) in [5, 5.41) is 3.93. The van der Waals surface area contributed by atoms with Crippen LogP contribution in [-0.2, 0) is 0 Å². The zero-order valence-electron chi connectivity index (χ0n) is 10.8. The molecular weight excluding hydrogens is 222 g/mol. The zero-order valence-corrected chi connectivity index (χ0v) is 10.8. The van der Waals surface area contributed by atoms with Crippen LogP contribution >= 0.6 is 0 Å². The lowest BCUT2D eigenvalue weighted by molar-refractivity contribution is 0.228. The molecule has 2 aliphatic carbocycles. The van der Waals surface area contributed by atoms with Crippen molar-refractivity contribution in [2.45, 2.75) is 44.2 Å². The maximum Gasteiger partial charge on any atom is 0.124 e. The first-order chi connectivity index (χ1) is 8.90. The second kappa shape index (κ2) is 4.27. The monoisotopic (exact) mass is 243 g/mol. The van der Waals surface area contributed by atoms with E-state index >= 15 is 0 Å². The van der Waals surface area contributed by atoms with E-state index in [1.807, 2.05) is 0 Å². The van der Waals surface area contributed by atoms with Gasteiger partial charge in [0.15, 0.2) is 0 Å². The predicted octanol–water partition coefficient (Wildman–Crippen LogP) is 3.29. The fourth-order valence-electron chi connectivity index (χ4n) is 4.22. The fraction of sp³-hybridized carbons (Fsp3) is 0.625. The lowest BCUT2D eigenvalue weighted by Crippen LogP contribution is -2.38. The maximum atomic E-state index is 5.74. The summed E-state index contributed by atoms with van der Waals surface area (Å²) in [6.07, 6.45) is 6.93. The van der Waals surface area contributed by atoms with E-state index in [1.165, 1.54) is 31.2 Å². The van der Waals surface area contributed by atoms with Gasteiger partial charge >= 0.3 is 0 Å². The van der Waals surface area contributed by atoms with E-state index in [4.69, 9.17) is 4.74 Å². The first-order valence-electron chi connectivity index (χ1n) is 7.38. The van der Waals surface area contributed by atoms with Gasteiger partial charge in [0.1, 0.15) is 5.75 Å². The number of para-hydroxylation sites is 1. The quantitative estimate of drug-likeness (QED) is 0.860. The van der Waals surface area contributed by atoms with Crippen LogP contribution in [0, 0.1) is 11.8 Å². The van der Waals surface area contributed by atoms with Crippen LogP contribution in [0.4, 0.5) is 0 Å². The molecule has 4 unspecified atom stereocenters. The van der Waals surface area contributed by atoms with Gasteiger partial charge in [0.25, 0.3) is 0 Å². The predicted molar refractivity (Wildman–Crippen MR) is 71.7 cm³/mol. The molecule has 0 aromatic heterocycles. The molecule has 0 radical (unpaired) electrons. The Hall–Kier alpha value is -1.02. The molecule has 2 bridgehead atoms. The fourth-order valence-corrected chi connectivity index (χ4v) is 4.22. The highest BCUT2D eigenvalue weighted by atomic mass is 16.5. The van der Waals surface area contributed by atoms with Gasteiger partial charge in [0.05, 0.1) is 6.61 Å². The summed E-state index contributed by atoms with van der Waals surface area (Å²) in [6, 6.07) is 9.80. The molecule has 4 atom stereocenters. The molecule has 96 valence electrons. The number of hydrogen-bond acceptors (Lipinski definition) is 2. The minimum absolute atomic E-state index is 0.513. The van der Waals surface area contributed by atoms with Crippen LogP contribution in [-0.4, -0.2) is 12.6 Å². The second-order valence-electron chi connectivity index (χ2n) is 6.18. The van der Waals surface area contributed by atoms with Crippen LogP contribution in [0.15, 0.2) is 24.3 Å². The molecule has 3 aliphatic rings. The Bertz CT molecular complexity index is 444. The third-order valence-electron chi connectivity index (χ3n) is 5.11. The van der Waals surface area contributed by atoms with Crippen molar-refractivity contribution in [1.29, 1.82) is 0 Å². The third-order valence-corrected chi connectivity index (χ3v) is 5.11. The average Bonchev–Trinajstić information content (AvgIpc) is 3.01. The summed E-state index contributed by atoms with van der Waals surface area (Å²) < 4.78 is 5.74. The standard InChI is InChI=1S/C16H21NO/c1-2-4-16-13(3-1)14(7-8-18-16)17-15-10-11-5-6-12(15)9-11/h1-4,11-12,14-15,17H,5-10H2. The van der Waals surface area contributed by atoms with E-state index in [-0.39, 0.29) is 0 Å². The van der Waals surface area contributed by atoms with Gasteiger partial charge in [-0.15, -0.1) is 0 Å². The van der Waals surface area contributed by atoms with E-state index in [0.717, 1.165) is 36.7 Å². The van der Waals surface area contributed by atoms with Gasteiger partial charge in [0, 0.05) is 24.1 Å². The topological polar surface area (TPSA) is 21.3 Å². The van der Waals surface area contributed by atoms with Crippen molar-refractivity contribution in [3.63, 3.8) is 0 Å². The Kier molecular flexibility index (Phi) is 2.58. The van der Waals surface area contributed by atoms with Crippen molar-refractivity contribution < 1.29 is 4.74 Å². The van der Waals surface area contributed by atoms with Crippen LogP contribution < -0.4 is 10.1 Å². The van der Waals surface area contributed by atoms with Gasteiger partial charge in [-0.3, -0.25) is 0 Å². The van der Waals surface area contributed by atoms with Gasteiger partial charge < -0.3 is 10.1 Å². The van der Waals surface area contributed by atoms with Crippen LogP contribution in [0.3, 0.4) is 0 Å². The van der Waals surface area contributed by atoms with Crippen molar-refractivity contribution >= 4 is 0 Å². The number of hydrogen-bond donors (Lipinski definition) is 1. The Labute approximate surface area is 109 Å². The number of ether oxygens (including phenoxy) is 1. The molecule has 2 nitrogen and oxygen atoms in total. The number of fused-ring (bicyclic) bond motifs is 3. The zero-order chi connectivity index (χ0) is 11.9. The molecule has 1 aromatic carbocycles. The van der Waals surface area contributed by atoms with E-state index in [1.54, 1.807) is 0 Å². The summed E-state index contributed by atoms with van der Waals surface area (Å²) >= 11 is 0. The number of nitrogens with one attached hydrogen (secondary N) is 1. The highest BCUT2D eigenvalue weighted by Crippen LogP contribution is 2.45. The van der Waals surface area contributed by atoms with Gasteiger partial charge in [-0.2, -0.15) is 0 Å². The molecule has 4 rings (SSSR count).